The van der Waals surface area contributed by atoms with Crippen LogP contribution in [0.25, 0.3) is 0 Å². The van der Waals surface area contributed by atoms with Crippen molar-refractivity contribution in [3.8, 4) is 0 Å². The van der Waals surface area contributed by atoms with Gasteiger partial charge in [-0.1, -0.05) is 35.9 Å². The lowest BCUT2D eigenvalue weighted by Crippen LogP contribution is -2.44. The first-order chi connectivity index (χ1) is 17.5. The van der Waals surface area contributed by atoms with Crippen molar-refractivity contribution in [2.45, 2.75) is 75.5 Å². The summed E-state index contributed by atoms with van der Waals surface area (Å²) in [4.78, 5) is 13.7. The monoisotopic (exact) mass is 520 g/mol. The van der Waals surface area contributed by atoms with Crippen LogP contribution in [0.1, 0.15) is 73.1 Å². The molecule has 5 rings (SSSR count). The molecule has 2 aliphatic rings. The molecule has 0 spiro atoms. The smallest absolute Gasteiger partial charge is 0.243 e. The van der Waals surface area contributed by atoms with E-state index < -0.39 is 21.6 Å². The van der Waals surface area contributed by atoms with Crippen LogP contribution in [-0.2, 0) is 33.3 Å². The van der Waals surface area contributed by atoms with Crippen LogP contribution >= 0.6 is 0 Å². The fourth-order valence-corrected chi connectivity index (χ4v) is 7.17. The van der Waals surface area contributed by atoms with E-state index in [0.29, 0.717) is 13.1 Å². The lowest BCUT2D eigenvalue weighted by Gasteiger charge is -2.36. The van der Waals surface area contributed by atoms with E-state index in [4.69, 9.17) is 5.73 Å². The quantitative estimate of drug-likeness (QED) is 0.506. The van der Waals surface area contributed by atoms with E-state index in [9.17, 15) is 13.2 Å². The summed E-state index contributed by atoms with van der Waals surface area (Å²) in [6, 6.07) is 16.4. The molecule has 0 saturated heterocycles. The fraction of sp³-hybridized carbons (Fsp3) is 0.414. The maximum atomic E-state index is 13.7. The standard InChI is InChI=1S/C29H36N4O3S/c1-20-9-12-23(13-10-20)37(35,36)33-17-16-32-15-5-8-26(32)27(33)19-28(34)31-25-7-4-6-21-18-22(29(2,3)30)11-14-24(21)25/h5,8-15,18,25,27H,4,6-7,16-17,19,30H2,1-3H3,(H,31,34). The molecule has 2 unspecified atom stereocenters. The third kappa shape index (κ3) is 5.10. The van der Waals surface area contributed by atoms with Crippen molar-refractivity contribution >= 4 is 15.9 Å². The fourth-order valence-electron chi connectivity index (χ4n) is 5.58. The summed E-state index contributed by atoms with van der Waals surface area (Å²) in [5.41, 5.74) is 11.2. The zero-order valence-electron chi connectivity index (χ0n) is 21.8. The summed E-state index contributed by atoms with van der Waals surface area (Å²) in [6.45, 7) is 6.79. The van der Waals surface area contributed by atoms with E-state index in [1.165, 1.54) is 9.87 Å². The summed E-state index contributed by atoms with van der Waals surface area (Å²) in [6.07, 6.45) is 4.81. The number of carbonyl (C=O) groups excluding carboxylic acids is 1. The first kappa shape index (κ1) is 25.7. The molecule has 0 radical (unpaired) electrons. The number of amides is 1. The second-order valence-corrected chi connectivity index (χ2v) is 12.8. The number of nitrogens with one attached hydrogen (secondary N) is 1. The minimum absolute atomic E-state index is 0.0643. The Morgan fingerprint density at radius 1 is 1.11 bits per heavy atom. The van der Waals surface area contributed by atoms with Crippen molar-refractivity contribution in [3.63, 3.8) is 0 Å². The lowest BCUT2D eigenvalue weighted by molar-refractivity contribution is -0.123. The number of hydrogen-bond donors (Lipinski definition) is 2. The molecule has 0 bridgehead atoms. The molecule has 3 N–H and O–H groups in total. The average Bonchev–Trinajstić information content (AvgIpc) is 3.33. The van der Waals surface area contributed by atoms with E-state index >= 15 is 0 Å². The molecule has 1 aliphatic heterocycles. The Balaban J connectivity index is 1.39. The van der Waals surface area contributed by atoms with E-state index in [1.54, 1.807) is 24.3 Å². The van der Waals surface area contributed by atoms with Crippen LogP contribution in [0.5, 0.6) is 0 Å². The van der Waals surface area contributed by atoms with Gasteiger partial charge in [0.05, 0.1) is 17.0 Å². The maximum absolute atomic E-state index is 13.7. The highest BCUT2D eigenvalue weighted by molar-refractivity contribution is 7.89. The first-order valence-corrected chi connectivity index (χ1v) is 14.4. The van der Waals surface area contributed by atoms with Crippen molar-refractivity contribution in [3.05, 3.63) is 88.7 Å². The van der Waals surface area contributed by atoms with Crippen molar-refractivity contribution in [2.24, 2.45) is 5.73 Å². The minimum Gasteiger partial charge on any atom is -0.349 e. The molecule has 2 heterocycles. The van der Waals surface area contributed by atoms with Gasteiger partial charge in [0.25, 0.3) is 0 Å². The van der Waals surface area contributed by atoms with Crippen molar-refractivity contribution < 1.29 is 13.2 Å². The predicted molar refractivity (Wildman–Crippen MR) is 144 cm³/mol. The van der Waals surface area contributed by atoms with Crippen LogP contribution in [-0.4, -0.2) is 29.7 Å². The van der Waals surface area contributed by atoms with E-state index in [-0.39, 0.29) is 23.3 Å². The Bertz CT molecular complexity index is 1400. The second-order valence-electron chi connectivity index (χ2n) is 10.9. The zero-order valence-corrected chi connectivity index (χ0v) is 22.6. The minimum atomic E-state index is -3.77. The van der Waals surface area contributed by atoms with E-state index in [1.807, 2.05) is 49.7 Å². The van der Waals surface area contributed by atoms with Gasteiger partial charge in [-0.3, -0.25) is 4.79 Å². The Hall–Kier alpha value is -2.94. The van der Waals surface area contributed by atoms with Crippen LogP contribution < -0.4 is 11.1 Å². The molecular formula is C29H36N4O3S. The Labute approximate surface area is 219 Å². The molecule has 8 heteroatoms. The van der Waals surface area contributed by atoms with Gasteiger partial charge in [-0.15, -0.1) is 0 Å². The Morgan fingerprint density at radius 2 is 1.86 bits per heavy atom. The molecule has 7 nitrogen and oxygen atoms in total. The number of benzene rings is 2. The molecule has 2 aromatic carbocycles. The van der Waals surface area contributed by atoms with Crippen molar-refractivity contribution in [2.75, 3.05) is 6.54 Å². The predicted octanol–water partition coefficient (Wildman–Crippen LogP) is 4.32. The summed E-state index contributed by atoms with van der Waals surface area (Å²) < 4.78 is 30.9. The van der Waals surface area contributed by atoms with E-state index in [0.717, 1.165) is 41.6 Å². The molecule has 1 aliphatic carbocycles. The maximum Gasteiger partial charge on any atom is 0.243 e. The van der Waals surface area contributed by atoms with Gasteiger partial charge in [-0.2, -0.15) is 4.31 Å². The van der Waals surface area contributed by atoms with Crippen LogP contribution in [0.15, 0.2) is 65.7 Å². The highest BCUT2D eigenvalue weighted by atomic mass is 32.2. The molecule has 3 aromatic rings. The molecule has 37 heavy (non-hydrogen) atoms. The Kier molecular flexibility index (Phi) is 6.77. The third-order valence-corrected chi connectivity index (χ3v) is 9.58. The van der Waals surface area contributed by atoms with Gasteiger partial charge in [0.2, 0.25) is 15.9 Å². The third-order valence-electron chi connectivity index (χ3n) is 7.66. The van der Waals surface area contributed by atoms with Gasteiger partial charge < -0.3 is 15.6 Å². The normalized spacial score (nSPS) is 20.2. The number of rotatable bonds is 6. The molecule has 1 aromatic heterocycles. The summed E-state index contributed by atoms with van der Waals surface area (Å²) in [7, 11) is -3.77. The number of carbonyl (C=O) groups is 1. The van der Waals surface area contributed by atoms with Gasteiger partial charge >= 0.3 is 0 Å². The summed E-state index contributed by atoms with van der Waals surface area (Å²) in [5.74, 6) is -0.148. The number of aromatic nitrogens is 1. The molecule has 0 saturated carbocycles. The molecule has 2 atom stereocenters. The number of aryl methyl sites for hydroxylation is 2. The zero-order chi connectivity index (χ0) is 26.4. The van der Waals surface area contributed by atoms with Gasteiger partial charge in [-0.25, -0.2) is 8.42 Å². The van der Waals surface area contributed by atoms with Gasteiger partial charge in [0.1, 0.15) is 0 Å². The Morgan fingerprint density at radius 3 is 2.59 bits per heavy atom. The van der Waals surface area contributed by atoms with Crippen LogP contribution in [0, 0.1) is 6.92 Å². The highest BCUT2D eigenvalue weighted by Gasteiger charge is 2.38. The van der Waals surface area contributed by atoms with Gasteiger partial charge in [-0.05, 0) is 81.0 Å². The SMILES string of the molecule is Cc1ccc(S(=O)(=O)N2CCn3cccc3C2CC(=O)NC2CCCc3cc(C(C)(C)N)ccc32)cc1. The number of sulfonamides is 1. The largest absolute Gasteiger partial charge is 0.349 e. The van der Waals surface area contributed by atoms with Crippen LogP contribution in [0.2, 0.25) is 0 Å². The lowest BCUT2D eigenvalue weighted by atomic mass is 9.83. The van der Waals surface area contributed by atoms with Crippen LogP contribution in [0.3, 0.4) is 0 Å². The average molecular weight is 521 g/mol. The topological polar surface area (TPSA) is 97.4 Å². The molecule has 196 valence electrons. The molecular weight excluding hydrogens is 484 g/mol. The van der Waals surface area contributed by atoms with E-state index in [2.05, 4.69) is 17.4 Å². The summed E-state index contributed by atoms with van der Waals surface area (Å²) in [5, 5.41) is 3.22. The number of fused-ring (bicyclic) bond motifs is 2. The molecule has 0 fully saturated rings. The molecule has 1 amide bonds. The second kappa shape index (κ2) is 9.74. The van der Waals surface area contributed by atoms with Crippen molar-refractivity contribution in [1.82, 2.24) is 14.2 Å². The number of nitrogens with zero attached hydrogens (tertiary/aromatic N) is 2. The highest BCUT2D eigenvalue weighted by Crippen LogP contribution is 2.36. The van der Waals surface area contributed by atoms with Gasteiger partial charge in [0, 0.05) is 36.9 Å². The summed E-state index contributed by atoms with van der Waals surface area (Å²) >= 11 is 0. The van der Waals surface area contributed by atoms with Crippen molar-refractivity contribution in [1.29, 1.82) is 0 Å². The number of hydrogen-bond acceptors (Lipinski definition) is 4. The number of nitrogens with two attached hydrogens (primary N) is 1. The van der Waals surface area contributed by atoms with Gasteiger partial charge in [0.15, 0.2) is 0 Å². The van der Waals surface area contributed by atoms with Crippen LogP contribution in [0.4, 0.5) is 0 Å². The first-order valence-electron chi connectivity index (χ1n) is 13.0.